The zero-order valence-corrected chi connectivity index (χ0v) is 11.2. The van der Waals surface area contributed by atoms with Gasteiger partial charge in [0.15, 0.2) is 0 Å². The van der Waals surface area contributed by atoms with Crippen LogP contribution in [-0.2, 0) is 6.54 Å². The standard InChI is InChI=1S/C12H20N2O2S/c1-9(2)11-5-10(14-16-11)6-13-7-12(15)3-4-17-8-12/h5,9,13,15H,3-4,6-8H2,1-2H3. The van der Waals surface area contributed by atoms with Crippen molar-refractivity contribution in [1.82, 2.24) is 10.5 Å². The van der Waals surface area contributed by atoms with Crippen molar-refractivity contribution < 1.29 is 9.63 Å². The molecular formula is C12H20N2O2S. The first kappa shape index (κ1) is 12.9. The van der Waals surface area contributed by atoms with Crippen LogP contribution in [0.4, 0.5) is 0 Å². The molecule has 1 aliphatic heterocycles. The molecule has 1 aromatic rings. The first-order valence-electron chi connectivity index (χ1n) is 6.05. The Morgan fingerprint density at radius 2 is 2.47 bits per heavy atom. The fraction of sp³-hybridized carbons (Fsp3) is 0.750. The van der Waals surface area contributed by atoms with Crippen LogP contribution in [0.25, 0.3) is 0 Å². The van der Waals surface area contributed by atoms with Gasteiger partial charge in [-0.25, -0.2) is 0 Å². The van der Waals surface area contributed by atoms with E-state index in [1.165, 1.54) is 0 Å². The third kappa shape index (κ3) is 3.47. The van der Waals surface area contributed by atoms with Gasteiger partial charge in [0.25, 0.3) is 0 Å². The van der Waals surface area contributed by atoms with Gasteiger partial charge >= 0.3 is 0 Å². The molecular weight excluding hydrogens is 236 g/mol. The molecule has 0 saturated carbocycles. The van der Waals surface area contributed by atoms with Crippen LogP contribution in [0.15, 0.2) is 10.6 Å². The molecule has 1 aliphatic rings. The highest BCUT2D eigenvalue weighted by atomic mass is 32.2. The maximum atomic E-state index is 10.1. The Balaban J connectivity index is 1.77. The molecule has 0 spiro atoms. The van der Waals surface area contributed by atoms with Gasteiger partial charge in [-0.3, -0.25) is 0 Å². The van der Waals surface area contributed by atoms with Gasteiger partial charge in [-0.2, -0.15) is 11.8 Å². The lowest BCUT2D eigenvalue weighted by atomic mass is 10.0. The van der Waals surface area contributed by atoms with Gasteiger partial charge in [0.05, 0.1) is 11.3 Å². The Morgan fingerprint density at radius 1 is 1.65 bits per heavy atom. The summed E-state index contributed by atoms with van der Waals surface area (Å²) < 4.78 is 5.22. The number of aliphatic hydroxyl groups is 1. The maximum absolute atomic E-state index is 10.1. The minimum Gasteiger partial charge on any atom is -0.388 e. The molecule has 0 bridgehead atoms. The van der Waals surface area contributed by atoms with E-state index in [2.05, 4.69) is 24.3 Å². The summed E-state index contributed by atoms with van der Waals surface area (Å²) in [4.78, 5) is 0. The van der Waals surface area contributed by atoms with Gasteiger partial charge in [0.1, 0.15) is 5.76 Å². The number of aromatic nitrogens is 1. The lowest BCUT2D eigenvalue weighted by molar-refractivity contribution is 0.0673. The van der Waals surface area contributed by atoms with E-state index in [0.29, 0.717) is 19.0 Å². The number of hydrogen-bond donors (Lipinski definition) is 2. The number of thioether (sulfide) groups is 1. The highest BCUT2D eigenvalue weighted by Crippen LogP contribution is 2.27. The van der Waals surface area contributed by atoms with Crippen LogP contribution in [0.1, 0.15) is 37.6 Å². The zero-order chi connectivity index (χ0) is 12.3. The second-order valence-corrected chi connectivity index (χ2v) is 6.11. The summed E-state index contributed by atoms with van der Waals surface area (Å²) in [6, 6.07) is 1.98. The van der Waals surface area contributed by atoms with E-state index in [0.717, 1.165) is 29.4 Å². The van der Waals surface area contributed by atoms with Crippen molar-refractivity contribution in [2.45, 2.75) is 38.3 Å². The molecule has 2 N–H and O–H groups in total. The second-order valence-electron chi connectivity index (χ2n) is 5.01. The first-order valence-corrected chi connectivity index (χ1v) is 7.21. The molecule has 0 aliphatic carbocycles. The number of nitrogens with one attached hydrogen (secondary N) is 1. The summed E-state index contributed by atoms with van der Waals surface area (Å²) in [6.45, 7) is 5.44. The van der Waals surface area contributed by atoms with E-state index in [4.69, 9.17) is 4.52 Å². The lowest BCUT2D eigenvalue weighted by Gasteiger charge is -2.21. The zero-order valence-electron chi connectivity index (χ0n) is 10.4. The quantitative estimate of drug-likeness (QED) is 0.840. The van der Waals surface area contributed by atoms with Gasteiger partial charge in [0, 0.05) is 30.8 Å². The smallest absolute Gasteiger partial charge is 0.139 e. The van der Waals surface area contributed by atoms with E-state index >= 15 is 0 Å². The van der Waals surface area contributed by atoms with Crippen LogP contribution in [0.3, 0.4) is 0 Å². The molecule has 2 rings (SSSR count). The molecule has 1 aromatic heterocycles. The van der Waals surface area contributed by atoms with E-state index in [9.17, 15) is 5.11 Å². The predicted molar refractivity (Wildman–Crippen MR) is 69.2 cm³/mol. The van der Waals surface area contributed by atoms with E-state index in [1.807, 2.05) is 17.8 Å². The van der Waals surface area contributed by atoms with Crippen molar-refractivity contribution in [1.29, 1.82) is 0 Å². The molecule has 1 unspecified atom stereocenters. The molecule has 5 heteroatoms. The third-order valence-electron chi connectivity index (χ3n) is 2.99. The van der Waals surface area contributed by atoms with Crippen LogP contribution in [-0.4, -0.2) is 33.9 Å². The molecule has 0 radical (unpaired) electrons. The highest BCUT2D eigenvalue weighted by Gasteiger charge is 2.31. The molecule has 1 fully saturated rings. The van der Waals surface area contributed by atoms with E-state index < -0.39 is 5.60 Å². The normalized spacial score (nSPS) is 24.7. The van der Waals surface area contributed by atoms with E-state index in [1.54, 1.807) is 0 Å². The SMILES string of the molecule is CC(C)c1cc(CNCC2(O)CCSC2)no1. The molecule has 2 heterocycles. The van der Waals surface area contributed by atoms with Crippen LogP contribution in [0.2, 0.25) is 0 Å². The fourth-order valence-electron chi connectivity index (χ4n) is 1.84. The predicted octanol–water partition coefficient (Wildman–Crippen LogP) is 1.76. The second kappa shape index (κ2) is 5.42. The highest BCUT2D eigenvalue weighted by molar-refractivity contribution is 7.99. The average molecular weight is 256 g/mol. The Labute approximate surface area is 106 Å². The summed E-state index contributed by atoms with van der Waals surface area (Å²) in [5, 5.41) is 17.4. The maximum Gasteiger partial charge on any atom is 0.139 e. The van der Waals surface area contributed by atoms with Gasteiger partial charge in [-0.15, -0.1) is 0 Å². The van der Waals surface area contributed by atoms with Crippen LogP contribution in [0.5, 0.6) is 0 Å². The number of rotatable bonds is 5. The van der Waals surface area contributed by atoms with Crippen molar-refractivity contribution in [3.8, 4) is 0 Å². The van der Waals surface area contributed by atoms with Crippen molar-refractivity contribution in [2.75, 3.05) is 18.1 Å². The molecule has 1 saturated heterocycles. The van der Waals surface area contributed by atoms with Crippen molar-refractivity contribution in [2.24, 2.45) is 0 Å². The van der Waals surface area contributed by atoms with Crippen LogP contribution >= 0.6 is 11.8 Å². The molecule has 96 valence electrons. The number of hydrogen-bond acceptors (Lipinski definition) is 5. The Hall–Kier alpha value is -0.520. The Morgan fingerprint density at radius 3 is 3.06 bits per heavy atom. The lowest BCUT2D eigenvalue weighted by Crippen LogP contribution is -2.40. The summed E-state index contributed by atoms with van der Waals surface area (Å²) >= 11 is 1.81. The van der Waals surface area contributed by atoms with Crippen LogP contribution < -0.4 is 5.32 Å². The van der Waals surface area contributed by atoms with Gasteiger partial charge < -0.3 is 14.9 Å². The molecule has 0 aromatic carbocycles. The Kier molecular flexibility index (Phi) is 4.12. The Bertz CT molecular complexity index is 359. The summed E-state index contributed by atoms with van der Waals surface area (Å²) in [6.07, 6.45) is 0.876. The van der Waals surface area contributed by atoms with Gasteiger partial charge in [-0.1, -0.05) is 19.0 Å². The van der Waals surface area contributed by atoms with Crippen molar-refractivity contribution in [3.05, 3.63) is 17.5 Å². The monoisotopic (exact) mass is 256 g/mol. The summed E-state index contributed by atoms with van der Waals surface area (Å²) in [5.74, 6) is 3.17. The van der Waals surface area contributed by atoms with Gasteiger partial charge in [0.2, 0.25) is 0 Å². The number of nitrogens with zero attached hydrogens (tertiary/aromatic N) is 1. The van der Waals surface area contributed by atoms with E-state index in [-0.39, 0.29) is 0 Å². The third-order valence-corrected chi connectivity index (χ3v) is 4.22. The largest absolute Gasteiger partial charge is 0.388 e. The average Bonchev–Trinajstić information content (AvgIpc) is 2.88. The summed E-state index contributed by atoms with van der Waals surface area (Å²) in [7, 11) is 0. The van der Waals surface area contributed by atoms with Crippen molar-refractivity contribution >= 4 is 11.8 Å². The minimum atomic E-state index is -0.532. The molecule has 0 amide bonds. The van der Waals surface area contributed by atoms with Crippen LogP contribution in [0, 0.1) is 0 Å². The minimum absolute atomic E-state index is 0.367. The molecule has 4 nitrogen and oxygen atoms in total. The molecule has 17 heavy (non-hydrogen) atoms. The fourth-order valence-corrected chi connectivity index (χ4v) is 3.14. The molecule has 1 atom stereocenters. The topological polar surface area (TPSA) is 58.3 Å². The van der Waals surface area contributed by atoms with Gasteiger partial charge in [-0.05, 0) is 12.2 Å². The summed E-state index contributed by atoms with van der Waals surface area (Å²) in [5.41, 5.74) is 0.373. The van der Waals surface area contributed by atoms with Crippen molar-refractivity contribution in [3.63, 3.8) is 0 Å². The first-order chi connectivity index (χ1) is 8.09.